The molecule has 0 saturated heterocycles. The van der Waals surface area contributed by atoms with E-state index < -0.39 is 0 Å². The first kappa shape index (κ1) is 13.6. The van der Waals surface area contributed by atoms with Crippen molar-refractivity contribution in [2.45, 2.75) is 40.2 Å². The van der Waals surface area contributed by atoms with Gasteiger partial charge < -0.3 is 5.32 Å². The molecule has 15 heavy (non-hydrogen) atoms. The van der Waals surface area contributed by atoms with Crippen molar-refractivity contribution in [3.63, 3.8) is 0 Å². The van der Waals surface area contributed by atoms with Crippen LogP contribution in [-0.2, 0) is 0 Å². The lowest BCUT2D eigenvalue weighted by Crippen LogP contribution is -2.40. The number of pyridine rings is 1. The fraction of sp³-hybridized carbons (Fsp3) is 0.500. The second-order valence-corrected chi connectivity index (χ2v) is 3.95. The van der Waals surface area contributed by atoms with Gasteiger partial charge in [-0.25, -0.2) is 0 Å². The fourth-order valence-corrected chi connectivity index (χ4v) is 0.910. The Morgan fingerprint density at radius 1 is 1.40 bits per heavy atom. The molecule has 0 bridgehead atoms. The summed E-state index contributed by atoms with van der Waals surface area (Å²) >= 11 is 0. The van der Waals surface area contributed by atoms with Crippen LogP contribution in [0.5, 0.6) is 0 Å². The Morgan fingerprint density at radius 3 is 2.40 bits per heavy atom. The summed E-state index contributed by atoms with van der Waals surface area (Å²) in [5.41, 5.74) is 0.393. The first-order valence-corrected chi connectivity index (χ1v) is 5.21. The first-order chi connectivity index (χ1) is 6.99. The molecule has 0 saturated carbocycles. The normalized spacial score (nSPS) is 9.93. The third kappa shape index (κ3) is 5.83. The summed E-state index contributed by atoms with van der Waals surface area (Å²) in [6.45, 7) is 9.84. The summed E-state index contributed by atoms with van der Waals surface area (Å²) in [6, 6.07) is 3.49. The van der Waals surface area contributed by atoms with Gasteiger partial charge in [-0.3, -0.25) is 9.78 Å². The molecule has 0 unspecified atom stereocenters. The highest BCUT2D eigenvalue weighted by Crippen LogP contribution is 2.02. The van der Waals surface area contributed by atoms with Crippen molar-refractivity contribution >= 4 is 5.91 Å². The van der Waals surface area contributed by atoms with E-state index in [0.717, 1.165) is 0 Å². The van der Waals surface area contributed by atoms with Crippen molar-refractivity contribution in [1.29, 1.82) is 0 Å². The quantitative estimate of drug-likeness (QED) is 0.774. The minimum Gasteiger partial charge on any atom is -0.347 e. The van der Waals surface area contributed by atoms with Crippen molar-refractivity contribution < 1.29 is 6.22 Å². The highest BCUT2D eigenvalue weighted by Gasteiger charge is 2.14. The van der Waals surface area contributed by atoms with E-state index in [9.17, 15) is 4.79 Å². The zero-order valence-electron chi connectivity index (χ0n) is 10.2. The van der Waals surface area contributed by atoms with Gasteiger partial charge >= 0.3 is 0 Å². The van der Waals surface area contributed by atoms with Crippen LogP contribution in [0.1, 0.15) is 46.4 Å². The lowest BCUT2D eigenvalue weighted by molar-refractivity contribution is 0.0919. The van der Waals surface area contributed by atoms with Gasteiger partial charge in [-0.1, -0.05) is 13.8 Å². The Labute approximate surface area is 93.4 Å². The number of carbonyl (C=O) groups excluding carboxylic acids is 1. The summed E-state index contributed by atoms with van der Waals surface area (Å²) in [6.07, 6.45) is 3.20. The van der Waals surface area contributed by atoms with Crippen LogP contribution in [0.3, 0.4) is 0 Å². The molecule has 0 atom stereocenters. The number of nitrogens with one attached hydrogen (secondary N) is 1. The molecule has 3 nitrogen and oxygen atoms in total. The van der Waals surface area contributed by atoms with E-state index in [1.54, 1.807) is 24.5 Å². The average Bonchev–Trinajstić information content (AvgIpc) is 2.20. The summed E-state index contributed by atoms with van der Waals surface area (Å²) in [7, 11) is 0. The van der Waals surface area contributed by atoms with E-state index in [2.05, 4.69) is 10.3 Å². The maximum absolute atomic E-state index is 11.5. The molecule has 0 aromatic carbocycles. The fourth-order valence-electron chi connectivity index (χ4n) is 0.910. The number of hydrogen-bond acceptors (Lipinski definition) is 2. The molecule has 1 amide bonds. The molecule has 1 N–H and O–H groups in total. The lowest BCUT2D eigenvalue weighted by Gasteiger charge is -2.20. The Balaban J connectivity index is 0. The van der Waals surface area contributed by atoms with Crippen LogP contribution < -0.4 is 5.32 Å². The largest absolute Gasteiger partial charge is 0.347 e. The molecule has 86 valence electrons. The van der Waals surface area contributed by atoms with Crippen molar-refractivity contribution in [2.75, 3.05) is 0 Å². The molecule has 1 aromatic heterocycles. The van der Waals surface area contributed by atoms with Crippen LogP contribution in [0, 0.1) is 0 Å². The van der Waals surface area contributed by atoms with E-state index in [1.165, 1.54) is 0 Å². The van der Waals surface area contributed by atoms with Crippen molar-refractivity contribution in [1.82, 2.24) is 10.3 Å². The number of aromatic nitrogens is 1. The summed E-state index contributed by atoms with van der Waals surface area (Å²) in [5, 5.41) is 2.86. The van der Waals surface area contributed by atoms with Crippen LogP contribution in [0.4, 0.5) is 0 Å². The second-order valence-electron chi connectivity index (χ2n) is 3.95. The molecular weight excluding hydrogens is 188 g/mol. The topological polar surface area (TPSA) is 42.0 Å². The second kappa shape index (κ2) is 6.17. The van der Waals surface area contributed by atoms with Gasteiger partial charge in [0.2, 0.25) is 0 Å². The Morgan fingerprint density at radius 2 is 2.00 bits per heavy atom. The molecule has 0 fully saturated rings. The predicted octanol–water partition coefficient (Wildman–Crippen LogP) is 2.88. The van der Waals surface area contributed by atoms with Crippen LogP contribution in [0.2, 0.25) is 0 Å². The molecule has 0 aliphatic heterocycles. The number of nitrogens with zero attached hydrogens (tertiary/aromatic N) is 1. The Hall–Kier alpha value is -1.38. The SMILES string of the molecule is CC.CC(C)(C)NC(=O)c1cccnc1.[HH]. The van der Waals surface area contributed by atoms with Crippen LogP contribution in [0.15, 0.2) is 24.5 Å². The van der Waals surface area contributed by atoms with Crippen molar-refractivity contribution in [3.05, 3.63) is 30.1 Å². The van der Waals surface area contributed by atoms with Gasteiger partial charge in [0, 0.05) is 19.4 Å². The number of hydrogen-bond donors (Lipinski definition) is 1. The molecule has 3 heteroatoms. The van der Waals surface area contributed by atoms with Gasteiger partial charge in [-0.15, -0.1) is 0 Å². The third-order valence-corrected chi connectivity index (χ3v) is 1.41. The maximum Gasteiger partial charge on any atom is 0.253 e. The van der Waals surface area contributed by atoms with Crippen LogP contribution in [-0.4, -0.2) is 16.4 Å². The van der Waals surface area contributed by atoms with Crippen LogP contribution in [0.25, 0.3) is 0 Å². The maximum atomic E-state index is 11.5. The molecule has 1 rings (SSSR count). The molecule has 0 radical (unpaired) electrons. The highest BCUT2D eigenvalue weighted by molar-refractivity contribution is 5.94. The van der Waals surface area contributed by atoms with Crippen LogP contribution >= 0.6 is 0 Å². The zero-order chi connectivity index (χ0) is 11.9. The summed E-state index contributed by atoms with van der Waals surface area (Å²) < 4.78 is 0. The van der Waals surface area contributed by atoms with Gasteiger partial charge in [0.25, 0.3) is 5.91 Å². The third-order valence-electron chi connectivity index (χ3n) is 1.41. The van der Waals surface area contributed by atoms with Gasteiger partial charge in [0.1, 0.15) is 0 Å². The summed E-state index contributed by atoms with van der Waals surface area (Å²) in [5.74, 6) is -0.0828. The minimum absolute atomic E-state index is 0. The molecular formula is C12H22N2O. The first-order valence-electron chi connectivity index (χ1n) is 5.21. The molecule has 0 aliphatic rings. The van der Waals surface area contributed by atoms with Gasteiger partial charge in [-0.2, -0.15) is 0 Å². The Bertz CT molecular complexity index is 294. The van der Waals surface area contributed by atoms with Gasteiger partial charge in [0.05, 0.1) is 5.56 Å². The monoisotopic (exact) mass is 210 g/mol. The standard InChI is InChI=1S/C10H14N2O.C2H6.H2/c1-10(2,3)12-9(13)8-5-4-6-11-7-8;1-2;/h4-7H,1-3H3,(H,12,13);1-2H3;1H. The van der Waals surface area contributed by atoms with E-state index in [4.69, 9.17) is 0 Å². The number of rotatable bonds is 1. The van der Waals surface area contributed by atoms with E-state index in [0.29, 0.717) is 5.56 Å². The van der Waals surface area contributed by atoms with Crippen molar-refractivity contribution in [3.8, 4) is 0 Å². The van der Waals surface area contributed by atoms with E-state index >= 15 is 0 Å². The molecule has 1 heterocycles. The van der Waals surface area contributed by atoms with E-state index in [-0.39, 0.29) is 12.9 Å². The smallest absolute Gasteiger partial charge is 0.253 e. The van der Waals surface area contributed by atoms with Gasteiger partial charge in [-0.05, 0) is 32.9 Å². The van der Waals surface area contributed by atoms with Gasteiger partial charge in [0.15, 0.2) is 0 Å². The molecule has 1 aromatic rings. The average molecular weight is 210 g/mol. The summed E-state index contributed by atoms with van der Waals surface area (Å²) in [4.78, 5) is 15.4. The highest BCUT2D eigenvalue weighted by atomic mass is 16.1. The Kier molecular flexibility index (Phi) is 5.60. The van der Waals surface area contributed by atoms with Crippen molar-refractivity contribution in [2.24, 2.45) is 0 Å². The number of amides is 1. The molecule has 0 aliphatic carbocycles. The predicted molar refractivity (Wildman–Crippen MR) is 64.9 cm³/mol. The molecule has 0 spiro atoms. The minimum atomic E-state index is -0.201. The van der Waals surface area contributed by atoms with E-state index in [1.807, 2.05) is 34.6 Å². The zero-order valence-corrected chi connectivity index (χ0v) is 10.2. The lowest BCUT2D eigenvalue weighted by atomic mass is 10.1. The number of carbonyl (C=O) groups is 1.